The largest absolute Gasteiger partial charge is 0.491 e. The van der Waals surface area contributed by atoms with Crippen LogP contribution < -0.4 is 16.2 Å². The second kappa shape index (κ2) is 6.38. The fourth-order valence-corrected chi connectivity index (χ4v) is 2.43. The van der Waals surface area contributed by atoms with E-state index >= 15 is 0 Å². The first-order chi connectivity index (χ1) is 9.19. The summed E-state index contributed by atoms with van der Waals surface area (Å²) >= 11 is 1.66. The van der Waals surface area contributed by atoms with Gasteiger partial charge in [-0.1, -0.05) is 18.7 Å². The Morgan fingerprint density at radius 1 is 1.00 bits per heavy atom. The van der Waals surface area contributed by atoms with Gasteiger partial charge in [0.05, 0.1) is 12.3 Å². The molecule has 2 rings (SSSR count). The molecule has 0 aliphatic carbocycles. The van der Waals surface area contributed by atoms with Crippen LogP contribution in [0, 0.1) is 0 Å². The second-order valence-corrected chi connectivity index (χ2v) is 5.37. The molecule has 0 atom stereocenters. The third kappa shape index (κ3) is 3.83. The Morgan fingerprint density at radius 3 is 2.37 bits per heavy atom. The number of nitrogen functional groups attached to an aromatic ring is 2. The van der Waals surface area contributed by atoms with Crippen LogP contribution in [0.5, 0.6) is 5.75 Å². The summed E-state index contributed by atoms with van der Waals surface area (Å²) in [6.07, 6.45) is 0.967. The molecule has 2 aromatic rings. The van der Waals surface area contributed by atoms with Crippen molar-refractivity contribution < 1.29 is 4.74 Å². The van der Waals surface area contributed by atoms with Crippen LogP contribution in [0.1, 0.15) is 13.3 Å². The number of nitrogens with two attached hydrogens (primary N) is 2. The van der Waals surface area contributed by atoms with Gasteiger partial charge in [0.25, 0.3) is 0 Å². The van der Waals surface area contributed by atoms with Gasteiger partial charge < -0.3 is 16.2 Å². The lowest BCUT2D eigenvalue weighted by Gasteiger charge is -2.10. The van der Waals surface area contributed by atoms with Crippen LogP contribution in [-0.2, 0) is 0 Å². The number of hydrogen-bond acceptors (Lipinski definition) is 4. The highest BCUT2D eigenvalue weighted by Gasteiger charge is 2.04. The fraction of sp³-hybridized carbons (Fsp3) is 0.200. The van der Waals surface area contributed by atoms with Crippen molar-refractivity contribution in [2.24, 2.45) is 0 Å². The molecule has 0 radical (unpaired) electrons. The van der Waals surface area contributed by atoms with Crippen LogP contribution >= 0.6 is 11.8 Å². The van der Waals surface area contributed by atoms with Crippen LogP contribution in [0.2, 0.25) is 0 Å². The summed E-state index contributed by atoms with van der Waals surface area (Å²) < 4.78 is 5.63. The Bertz CT molecular complexity index is 540. The molecule has 4 N–H and O–H groups in total. The SMILES string of the molecule is CCCOc1cc(Sc2ccc(N)cc2)ccc1N. The Labute approximate surface area is 117 Å². The van der Waals surface area contributed by atoms with Crippen molar-refractivity contribution >= 4 is 23.1 Å². The zero-order valence-electron chi connectivity index (χ0n) is 10.9. The normalized spacial score (nSPS) is 10.4. The van der Waals surface area contributed by atoms with E-state index in [0.717, 1.165) is 27.6 Å². The molecule has 0 unspecified atom stereocenters. The molecule has 0 saturated heterocycles. The van der Waals surface area contributed by atoms with Crippen molar-refractivity contribution in [2.45, 2.75) is 23.1 Å². The van der Waals surface area contributed by atoms with Crippen molar-refractivity contribution in [3.63, 3.8) is 0 Å². The zero-order chi connectivity index (χ0) is 13.7. The van der Waals surface area contributed by atoms with Crippen molar-refractivity contribution in [3.8, 4) is 5.75 Å². The molecule has 0 heterocycles. The molecule has 0 saturated carbocycles. The Hall–Kier alpha value is -1.81. The van der Waals surface area contributed by atoms with Gasteiger partial charge in [-0.25, -0.2) is 0 Å². The lowest BCUT2D eigenvalue weighted by molar-refractivity contribution is 0.318. The predicted molar refractivity (Wildman–Crippen MR) is 81.6 cm³/mol. The predicted octanol–water partition coefficient (Wildman–Crippen LogP) is 3.79. The van der Waals surface area contributed by atoms with E-state index in [1.165, 1.54) is 0 Å². The fourth-order valence-electron chi connectivity index (χ4n) is 1.59. The topological polar surface area (TPSA) is 61.3 Å². The number of hydrogen-bond donors (Lipinski definition) is 2. The van der Waals surface area contributed by atoms with Crippen LogP contribution in [0.25, 0.3) is 0 Å². The Kier molecular flexibility index (Phi) is 4.58. The van der Waals surface area contributed by atoms with E-state index in [1.54, 1.807) is 11.8 Å². The minimum Gasteiger partial charge on any atom is -0.491 e. The molecular weight excluding hydrogens is 256 g/mol. The molecule has 3 nitrogen and oxygen atoms in total. The van der Waals surface area contributed by atoms with Crippen molar-refractivity contribution in [1.82, 2.24) is 0 Å². The van der Waals surface area contributed by atoms with Gasteiger partial charge in [0, 0.05) is 15.5 Å². The Morgan fingerprint density at radius 2 is 1.68 bits per heavy atom. The molecule has 0 aliphatic rings. The molecule has 4 heteroatoms. The number of anilines is 2. The second-order valence-electron chi connectivity index (χ2n) is 4.22. The third-order valence-corrected chi connectivity index (χ3v) is 3.56. The smallest absolute Gasteiger partial charge is 0.143 e. The molecule has 2 aromatic carbocycles. The lowest BCUT2D eigenvalue weighted by atomic mass is 10.3. The summed E-state index contributed by atoms with van der Waals surface area (Å²) in [6.45, 7) is 2.75. The third-order valence-electron chi connectivity index (χ3n) is 2.56. The molecule has 19 heavy (non-hydrogen) atoms. The maximum Gasteiger partial charge on any atom is 0.143 e. The van der Waals surface area contributed by atoms with Gasteiger partial charge in [0.1, 0.15) is 5.75 Å². The van der Waals surface area contributed by atoms with Gasteiger partial charge in [-0.05, 0) is 48.9 Å². The quantitative estimate of drug-likeness (QED) is 0.814. The molecule has 0 fully saturated rings. The summed E-state index contributed by atoms with van der Waals surface area (Å²) in [5.41, 5.74) is 13.0. The van der Waals surface area contributed by atoms with Gasteiger partial charge >= 0.3 is 0 Å². The van der Waals surface area contributed by atoms with Gasteiger partial charge in [0.2, 0.25) is 0 Å². The van der Waals surface area contributed by atoms with Crippen LogP contribution in [0.15, 0.2) is 52.3 Å². The number of rotatable bonds is 5. The van der Waals surface area contributed by atoms with Gasteiger partial charge in [-0.15, -0.1) is 0 Å². The first kappa shape index (κ1) is 13.6. The average Bonchev–Trinajstić information content (AvgIpc) is 2.42. The minimum absolute atomic E-state index is 0.676. The van der Waals surface area contributed by atoms with E-state index in [1.807, 2.05) is 42.5 Å². The molecule has 100 valence electrons. The average molecular weight is 274 g/mol. The number of benzene rings is 2. The Balaban J connectivity index is 2.14. The minimum atomic E-state index is 0.676. The monoisotopic (exact) mass is 274 g/mol. The molecule has 0 amide bonds. The van der Waals surface area contributed by atoms with Crippen molar-refractivity contribution in [1.29, 1.82) is 0 Å². The van der Waals surface area contributed by atoms with Gasteiger partial charge in [-0.2, -0.15) is 0 Å². The van der Waals surface area contributed by atoms with Crippen molar-refractivity contribution in [3.05, 3.63) is 42.5 Å². The lowest BCUT2D eigenvalue weighted by Crippen LogP contribution is -1.98. The van der Waals surface area contributed by atoms with Crippen LogP contribution in [0.3, 0.4) is 0 Å². The van der Waals surface area contributed by atoms with E-state index in [-0.39, 0.29) is 0 Å². The van der Waals surface area contributed by atoms with E-state index in [9.17, 15) is 0 Å². The summed E-state index contributed by atoms with van der Waals surface area (Å²) in [5, 5.41) is 0. The molecular formula is C15H18N2OS. The zero-order valence-corrected chi connectivity index (χ0v) is 11.7. The van der Waals surface area contributed by atoms with Crippen LogP contribution in [0.4, 0.5) is 11.4 Å². The summed E-state index contributed by atoms with van der Waals surface area (Å²) in [5.74, 6) is 0.752. The van der Waals surface area contributed by atoms with Crippen LogP contribution in [-0.4, -0.2) is 6.61 Å². The van der Waals surface area contributed by atoms with E-state index in [4.69, 9.17) is 16.2 Å². The molecule has 0 aliphatic heterocycles. The first-order valence-corrected chi connectivity index (χ1v) is 7.06. The highest BCUT2D eigenvalue weighted by Crippen LogP contribution is 2.33. The molecule has 0 bridgehead atoms. The van der Waals surface area contributed by atoms with Gasteiger partial charge in [0.15, 0.2) is 0 Å². The summed E-state index contributed by atoms with van der Waals surface area (Å²) in [4.78, 5) is 2.24. The maximum atomic E-state index is 5.89. The maximum absolute atomic E-state index is 5.89. The summed E-state index contributed by atoms with van der Waals surface area (Å²) in [7, 11) is 0. The highest BCUT2D eigenvalue weighted by molar-refractivity contribution is 7.99. The standard InChI is InChI=1S/C15H18N2OS/c1-2-9-18-15-10-13(7-8-14(15)17)19-12-5-3-11(16)4-6-12/h3-8,10H,2,9,16-17H2,1H3. The molecule has 0 spiro atoms. The summed E-state index contributed by atoms with van der Waals surface area (Å²) in [6, 6.07) is 13.7. The van der Waals surface area contributed by atoms with E-state index < -0.39 is 0 Å². The first-order valence-electron chi connectivity index (χ1n) is 6.24. The van der Waals surface area contributed by atoms with E-state index in [0.29, 0.717) is 12.3 Å². The molecule has 0 aromatic heterocycles. The van der Waals surface area contributed by atoms with Gasteiger partial charge in [-0.3, -0.25) is 0 Å². The highest BCUT2D eigenvalue weighted by atomic mass is 32.2. The van der Waals surface area contributed by atoms with E-state index in [2.05, 4.69) is 6.92 Å². The van der Waals surface area contributed by atoms with Crippen molar-refractivity contribution in [2.75, 3.05) is 18.1 Å². The number of ether oxygens (including phenoxy) is 1.